The molecule has 1 fully saturated rings. The fourth-order valence-corrected chi connectivity index (χ4v) is 1.84. The van der Waals surface area contributed by atoms with Crippen LogP contribution in [0.1, 0.15) is 20.3 Å². The van der Waals surface area contributed by atoms with Crippen molar-refractivity contribution >= 4 is 21.9 Å². The molecular weight excluding hydrogens is 236 g/mol. The Kier molecular flexibility index (Phi) is 3.35. The smallest absolute Gasteiger partial charge is 0.309 e. The Morgan fingerprint density at radius 3 is 2.62 bits per heavy atom. The van der Waals surface area contributed by atoms with Crippen molar-refractivity contribution in [2.75, 3.05) is 11.9 Å². The van der Waals surface area contributed by atoms with Gasteiger partial charge in [0, 0.05) is 17.4 Å². The zero-order valence-electron chi connectivity index (χ0n) is 7.92. The molecule has 0 aromatic rings. The molecule has 0 spiro atoms. The van der Waals surface area contributed by atoms with Gasteiger partial charge in [0.05, 0.1) is 12.0 Å². The number of ether oxygens (including phenoxy) is 1. The van der Waals surface area contributed by atoms with E-state index in [4.69, 9.17) is 9.84 Å². The zero-order chi connectivity index (χ0) is 10.1. The molecule has 1 aliphatic carbocycles. The van der Waals surface area contributed by atoms with Gasteiger partial charge in [-0.2, -0.15) is 0 Å². The van der Waals surface area contributed by atoms with Crippen molar-refractivity contribution in [2.24, 2.45) is 11.3 Å². The van der Waals surface area contributed by atoms with Crippen LogP contribution in [0.15, 0.2) is 0 Å². The first kappa shape index (κ1) is 11.0. The predicted octanol–water partition coefficient (Wildman–Crippen LogP) is 1.90. The van der Waals surface area contributed by atoms with Crippen LogP contribution < -0.4 is 0 Å². The van der Waals surface area contributed by atoms with E-state index in [1.165, 1.54) is 0 Å². The molecule has 3 nitrogen and oxygen atoms in total. The van der Waals surface area contributed by atoms with Gasteiger partial charge in [-0.3, -0.25) is 4.79 Å². The van der Waals surface area contributed by atoms with E-state index in [9.17, 15) is 4.79 Å². The van der Waals surface area contributed by atoms with E-state index in [1.807, 2.05) is 13.8 Å². The SMILES string of the molecule is CC1(C)C(OCCCBr)C1C(=O)O. The second kappa shape index (κ2) is 3.96. The van der Waals surface area contributed by atoms with Crippen molar-refractivity contribution in [1.29, 1.82) is 0 Å². The highest BCUT2D eigenvalue weighted by Crippen LogP contribution is 2.54. The first-order valence-corrected chi connectivity index (χ1v) is 5.54. The summed E-state index contributed by atoms with van der Waals surface area (Å²) in [4.78, 5) is 10.7. The first-order valence-electron chi connectivity index (χ1n) is 4.42. The summed E-state index contributed by atoms with van der Waals surface area (Å²) in [7, 11) is 0. The molecule has 2 atom stereocenters. The molecule has 4 heteroatoms. The highest BCUT2D eigenvalue weighted by Gasteiger charge is 2.63. The lowest BCUT2D eigenvalue weighted by Gasteiger charge is -2.02. The van der Waals surface area contributed by atoms with Crippen molar-refractivity contribution < 1.29 is 14.6 Å². The fourth-order valence-electron chi connectivity index (χ4n) is 1.61. The van der Waals surface area contributed by atoms with Gasteiger partial charge in [0.1, 0.15) is 0 Å². The van der Waals surface area contributed by atoms with Crippen LogP contribution in [-0.2, 0) is 9.53 Å². The second-order valence-corrected chi connectivity index (χ2v) is 4.76. The van der Waals surface area contributed by atoms with Crippen molar-refractivity contribution in [3.63, 3.8) is 0 Å². The van der Waals surface area contributed by atoms with Gasteiger partial charge in [0.25, 0.3) is 0 Å². The number of carboxylic acids is 1. The summed E-state index contributed by atoms with van der Waals surface area (Å²) in [6.07, 6.45) is 0.836. The minimum atomic E-state index is -0.742. The average Bonchev–Trinajstić information content (AvgIpc) is 2.54. The van der Waals surface area contributed by atoms with Crippen LogP contribution in [0, 0.1) is 11.3 Å². The summed E-state index contributed by atoms with van der Waals surface area (Å²) in [6, 6.07) is 0. The zero-order valence-corrected chi connectivity index (χ0v) is 9.50. The number of carbonyl (C=O) groups is 1. The van der Waals surface area contributed by atoms with Crippen LogP contribution in [-0.4, -0.2) is 29.1 Å². The Bertz CT molecular complexity index is 203. The van der Waals surface area contributed by atoms with Gasteiger partial charge < -0.3 is 9.84 Å². The molecular formula is C9H15BrO3. The predicted molar refractivity (Wildman–Crippen MR) is 53.1 cm³/mol. The maximum absolute atomic E-state index is 10.7. The van der Waals surface area contributed by atoms with Crippen LogP contribution in [0.25, 0.3) is 0 Å². The molecule has 1 N–H and O–H groups in total. The van der Waals surface area contributed by atoms with Crippen LogP contribution in [0.4, 0.5) is 0 Å². The lowest BCUT2D eigenvalue weighted by molar-refractivity contribution is -0.140. The van der Waals surface area contributed by atoms with E-state index >= 15 is 0 Å². The topological polar surface area (TPSA) is 46.5 Å². The minimum absolute atomic E-state index is 0.0935. The van der Waals surface area contributed by atoms with E-state index in [2.05, 4.69) is 15.9 Å². The Morgan fingerprint density at radius 2 is 2.23 bits per heavy atom. The van der Waals surface area contributed by atoms with Gasteiger partial charge in [-0.15, -0.1) is 0 Å². The lowest BCUT2D eigenvalue weighted by atomic mass is 10.1. The fraction of sp³-hybridized carbons (Fsp3) is 0.889. The number of rotatable bonds is 5. The number of alkyl halides is 1. The molecule has 0 saturated heterocycles. The summed E-state index contributed by atoms with van der Waals surface area (Å²) in [5, 5.41) is 9.73. The second-order valence-electron chi connectivity index (χ2n) is 3.97. The van der Waals surface area contributed by atoms with Gasteiger partial charge in [-0.25, -0.2) is 0 Å². The standard InChI is InChI=1S/C9H15BrO3/c1-9(2)6(8(11)12)7(9)13-5-3-4-10/h6-7H,3-5H2,1-2H3,(H,11,12). The van der Waals surface area contributed by atoms with Crippen molar-refractivity contribution in [2.45, 2.75) is 26.4 Å². The molecule has 0 aromatic heterocycles. The third kappa shape index (κ3) is 2.23. The molecule has 76 valence electrons. The number of hydrogen-bond donors (Lipinski definition) is 1. The third-order valence-corrected chi connectivity index (χ3v) is 3.13. The quantitative estimate of drug-likeness (QED) is 0.599. The maximum Gasteiger partial charge on any atom is 0.309 e. The molecule has 0 heterocycles. The number of halogens is 1. The van der Waals surface area contributed by atoms with Crippen molar-refractivity contribution in [1.82, 2.24) is 0 Å². The van der Waals surface area contributed by atoms with Gasteiger partial charge in [0.2, 0.25) is 0 Å². The van der Waals surface area contributed by atoms with Crippen molar-refractivity contribution in [3.05, 3.63) is 0 Å². The summed E-state index contributed by atoms with van der Waals surface area (Å²) in [5.74, 6) is -1.06. The van der Waals surface area contributed by atoms with E-state index in [0.29, 0.717) is 6.61 Å². The summed E-state index contributed by atoms with van der Waals surface area (Å²) < 4.78 is 5.47. The molecule has 0 aromatic carbocycles. The molecule has 0 amide bonds. The van der Waals surface area contributed by atoms with E-state index in [0.717, 1.165) is 11.8 Å². The van der Waals surface area contributed by atoms with Crippen LogP contribution in [0.2, 0.25) is 0 Å². The molecule has 1 saturated carbocycles. The average molecular weight is 251 g/mol. The van der Waals surface area contributed by atoms with E-state index in [1.54, 1.807) is 0 Å². The first-order chi connectivity index (χ1) is 6.01. The van der Waals surface area contributed by atoms with Gasteiger partial charge in [0.15, 0.2) is 0 Å². The minimum Gasteiger partial charge on any atom is -0.481 e. The lowest BCUT2D eigenvalue weighted by Crippen LogP contribution is -2.06. The summed E-state index contributed by atoms with van der Waals surface area (Å²) >= 11 is 3.30. The van der Waals surface area contributed by atoms with Crippen LogP contribution in [0.5, 0.6) is 0 Å². The van der Waals surface area contributed by atoms with E-state index < -0.39 is 5.97 Å². The molecule has 2 unspecified atom stereocenters. The monoisotopic (exact) mass is 250 g/mol. The van der Waals surface area contributed by atoms with E-state index in [-0.39, 0.29) is 17.4 Å². The number of hydrogen-bond acceptors (Lipinski definition) is 2. The normalized spacial score (nSPS) is 30.1. The van der Waals surface area contributed by atoms with Gasteiger partial charge in [-0.1, -0.05) is 29.8 Å². The largest absolute Gasteiger partial charge is 0.481 e. The van der Waals surface area contributed by atoms with Gasteiger partial charge >= 0.3 is 5.97 Å². The third-order valence-electron chi connectivity index (χ3n) is 2.57. The van der Waals surface area contributed by atoms with Crippen molar-refractivity contribution in [3.8, 4) is 0 Å². The Balaban J connectivity index is 2.33. The Morgan fingerprint density at radius 1 is 1.62 bits per heavy atom. The van der Waals surface area contributed by atoms with Crippen LogP contribution >= 0.6 is 15.9 Å². The molecule has 0 bridgehead atoms. The molecule has 1 aliphatic rings. The highest BCUT2D eigenvalue weighted by atomic mass is 79.9. The van der Waals surface area contributed by atoms with Crippen LogP contribution in [0.3, 0.4) is 0 Å². The summed E-state index contributed by atoms with van der Waals surface area (Å²) in [5.41, 5.74) is -0.182. The number of carboxylic acid groups (broad SMARTS) is 1. The highest BCUT2D eigenvalue weighted by molar-refractivity contribution is 9.09. The number of aliphatic carboxylic acids is 1. The maximum atomic E-state index is 10.7. The summed E-state index contributed by atoms with van der Waals surface area (Å²) in [6.45, 7) is 4.51. The Labute approximate surface area is 86.6 Å². The van der Waals surface area contributed by atoms with Gasteiger partial charge in [-0.05, 0) is 6.42 Å². The molecule has 1 rings (SSSR count). The molecule has 0 radical (unpaired) electrons. The molecule has 0 aliphatic heterocycles. The Hall–Kier alpha value is -0.0900. The molecule has 13 heavy (non-hydrogen) atoms.